The van der Waals surface area contributed by atoms with E-state index in [1.54, 1.807) is 24.9 Å². The molecule has 5 unspecified atom stereocenters. The Morgan fingerprint density at radius 3 is 2.24 bits per heavy atom. The summed E-state index contributed by atoms with van der Waals surface area (Å²) in [5, 5.41) is 2.90. The van der Waals surface area contributed by atoms with Crippen LogP contribution in [0.1, 0.15) is 47.5 Å². The molecule has 0 aromatic heterocycles. The van der Waals surface area contributed by atoms with E-state index in [0.29, 0.717) is 18.4 Å². The molecule has 2 rings (SSSR count). The number of nitrogens with zero attached hydrogens (tertiary/aromatic N) is 1. The highest BCUT2D eigenvalue weighted by Gasteiger charge is 2.45. The normalized spacial score (nSPS) is 30.4. The molecule has 9 heteroatoms. The average Bonchev–Trinajstić information content (AvgIpc) is 2.60. The van der Waals surface area contributed by atoms with Gasteiger partial charge < -0.3 is 5.32 Å². The van der Waals surface area contributed by atoms with E-state index in [9.17, 15) is 22.2 Å². The first kappa shape index (κ1) is 24.1. The van der Waals surface area contributed by atoms with E-state index in [-0.39, 0.29) is 34.7 Å². The molecule has 5 nitrogen and oxygen atoms in total. The van der Waals surface area contributed by atoms with Gasteiger partial charge in [-0.05, 0) is 60.1 Å². The predicted octanol–water partition coefficient (Wildman–Crippen LogP) is 3.28. The summed E-state index contributed by atoms with van der Waals surface area (Å²) in [7, 11) is 0.402. The molecule has 5 atom stereocenters. The molecule has 166 valence electrons. The van der Waals surface area contributed by atoms with Crippen LogP contribution in [-0.4, -0.2) is 51.7 Å². The number of nitrogens with one attached hydrogen (secondary N) is 2. The van der Waals surface area contributed by atoms with Crippen molar-refractivity contribution in [2.75, 3.05) is 13.6 Å². The first-order valence-corrected chi connectivity index (χ1v) is 11.0. The van der Waals surface area contributed by atoms with Crippen LogP contribution in [0.5, 0.6) is 0 Å². The number of likely N-dealkylation sites (N-methyl/N-ethyl adjacent to an activating group) is 1. The largest absolute Gasteiger partial charge is 0.396 e. The van der Waals surface area contributed by atoms with E-state index < -0.39 is 29.2 Å². The van der Waals surface area contributed by atoms with Crippen LogP contribution >= 0.6 is 0 Å². The van der Waals surface area contributed by atoms with Crippen LogP contribution < -0.4 is 10.0 Å². The highest BCUT2D eigenvalue weighted by molar-refractivity contribution is 7.84. The summed E-state index contributed by atoms with van der Waals surface area (Å²) in [5.74, 6) is -2.06. The molecule has 0 aromatic rings. The molecule has 1 amide bonds. The molecule has 1 aliphatic heterocycles. The van der Waals surface area contributed by atoms with Crippen molar-refractivity contribution in [3.05, 3.63) is 23.3 Å². The number of carbonyl (C=O) groups is 1. The van der Waals surface area contributed by atoms with Crippen molar-refractivity contribution >= 4 is 16.9 Å². The van der Waals surface area contributed by atoms with Crippen molar-refractivity contribution in [3.63, 3.8) is 0 Å². The summed E-state index contributed by atoms with van der Waals surface area (Å²) in [4.78, 5) is 14.3. The Hall–Kier alpha value is -1.19. The molecular weight excluding hydrogens is 403 g/mol. The van der Waals surface area contributed by atoms with E-state index >= 15 is 0 Å². The number of hydrogen-bond acceptors (Lipinski definition) is 3. The Morgan fingerprint density at radius 1 is 1.14 bits per heavy atom. The molecule has 0 aromatic carbocycles. The Kier molecular flexibility index (Phi) is 7.39. The smallest absolute Gasteiger partial charge is 0.336 e. The highest BCUT2D eigenvalue weighted by atomic mass is 32.2. The van der Waals surface area contributed by atoms with Gasteiger partial charge in [-0.15, -0.1) is 0 Å². The fraction of sp³-hybridized carbons (Fsp3) is 0.750. The van der Waals surface area contributed by atoms with Crippen LogP contribution in [0.2, 0.25) is 0 Å². The lowest BCUT2D eigenvalue weighted by atomic mass is 9.88. The third-order valence-electron chi connectivity index (χ3n) is 5.66. The lowest BCUT2D eigenvalue weighted by Crippen LogP contribution is -2.55. The lowest BCUT2D eigenvalue weighted by molar-refractivity contribution is -0.171. The summed E-state index contributed by atoms with van der Waals surface area (Å²) in [5.41, 5.74) is 0.809. The van der Waals surface area contributed by atoms with Crippen LogP contribution in [0, 0.1) is 11.8 Å². The average molecular weight is 436 g/mol. The SMILES string of the molecule is CC1=C(C)C(C(F)(F)F)CN(C)C1NC(=O)C1C=CC(NS(=O)C(C)(C)C)CC1. The Labute approximate surface area is 173 Å². The topological polar surface area (TPSA) is 61.4 Å². The van der Waals surface area contributed by atoms with Gasteiger partial charge in [0.15, 0.2) is 0 Å². The van der Waals surface area contributed by atoms with Crippen LogP contribution in [-0.2, 0) is 15.8 Å². The number of halogens is 3. The third-order valence-corrected chi connectivity index (χ3v) is 7.29. The van der Waals surface area contributed by atoms with Crippen molar-refractivity contribution in [2.45, 2.75) is 70.6 Å². The van der Waals surface area contributed by atoms with Gasteiger partial charge in [0.1, 0.15) is 6.17 Å². The molecule has 1 aliphatic carbocycles. The lowest BCUT2D eigenvalue weighted by Gasteiger charge is -2.40. The van der Waals surface area contributed by atoms with E-state index in [2.05, 4.69) is 10.0 Å². The first-order chi connectivity index (χ1) is 13.2. The molecule has 2 aliphatic rings. The van der Waals surface area contributed by atoms with Crippen LogP contribution in [0.25, 0.3) is 0 Å². The molecule has 0 saturated carbocycles. The van der Waals surface area contributed by atoms with Gasteiger partial charge in [-0.1, -0.05) is 17.7 Å². The zero-order valence-corrected chi connectivity index (χ0v) is 18.7. The Balaban J connectivity index is 2.01. The second-order valence-electron chi connectivity index (χ2n) is 8.99. The fourth-order valence-electron chi connectivity index (χ4n) is 3.61. The summed E-state index contributed by atoms with van der Waals surface area (Å²) < 4.78 is 54.6. The van der Waals surface area contributed by atoms with Crippen molar-refractivity contribution in [1.82, 2.24) is 14.9 Å². The summed E-state index contributed by atoms with van der Waals surface area (Å²) in [6, 6.07) is -0.0621. The maximum absolute atomic E-state index is 13.2. The van der Waals surface area contributed by atoms with Gasteiger partial charge in [0.25, 0.3) is 0 Å². The fourth-order valence-corrected chi connectivity index (χ4v) is 4.44. The minimum Gasteiger partial charge on any atom is -0.336 e. The number of rotatable bonds is 4. The van der Waals surface area contributed by atoms with Crippen molar-refractivity contribution in [1.29, 1.82) is 0 Å². The van der Waals surface area contributed by atoms with Crippen molar-refractivity contribution in [2.24, 2.45) is 11.8 Å². The summed E-state index contributed by atoms with van der Waals surface area (Å²) in [6.07, 6.45) is 0.0689. The summed E-state index contributed by atoms with van der Waals surface area (Å²) >= 11 is 0. The van der Waals surface area contributed by atoms with E-state index in [1.165, 1.54) is 6.92 Å². The quantitative estimate of drug-likeness (QED) is 0.667. The minimum absolute atomic E-state index is 0.0621. The monoisotopic (exact) mass is 435 g/mol. The van der Waals surface area contributed by atoms with Gasteiger partial charge in [0.2, 0.25) is 5.91 Å². The third kappa shape index (κ3) is 5.92. The van der Waals surface area contributed by atoms with E-state index in [1.807, 2.05) is 26.8 Å². The van der Waals surface area contributed by atoms with E-state index in [4.69, 9.17) is 0 Å². The summed E-state index contributed by atoms with van der Waals surface area (Å²) in [6.45, 7) is 8.63. The molecule has 0 radical (unpaired) electrons. The Bertz CT molecular complexity index is 713. The Morgan fingerprint density at radius 2 is 1.76 bits per heavy atom. The molecule has 2 N–H and O–H groups in total. The number of alkyl halides is 3. The van der Waals surface area contributed by atoms with E-state index in [0.717, 1.165) is 0 Å². The standard InChI is InChI=1S/C20H32F3N3O2S/c1-12-13(2)17(26(6)11-16(12)20(21,22)23)24-18(27)14-7-9-15(10-8-14)25-29(28)19(3,4)5/h7,9,14-17,25H,8,10-11H2,1-6H3,(H,24,27). The number of amides is 1. The van der Waals surface area contributed by atoms with Gasteiger partial charge >= 0.3 is 6.18 Å². The van der Waals surface area contributed by atoms with Crippen molar-refractivity contribution in [3.8, 4) is 0 Å². The molecule has 0 fully saturated rings. The van der Waals surface area contributed by atoms with Gasteiger partial charge in [-0.2, -0.15) is 13.2 Å². The second-order valence-corrected chi connectivity index (χ2v) is 11.0. The minimum atomic E-state index is -4.30. The van der Waals surface area contributed by atoms with Crippen LogP contribution in [0.3, 0.4) is 0 Å². The molecule has 0 bridgehead atoms. The predicted molar refractivity (Wildman–Crippen MR) is 109 cm³/mol. The highest BCUT2D eigenvalue weighted by Crippen LogP contribution is 2.37. The second kappa shape index (κ2) is 8.89. The first-order valence-electron chi connectivity index (χ1n) is 9.82. The van der Waals surface area contributed by atoms with Gasteiger partial charge in [0.05, 0.1) is 27.6 Å². The zero-order chi connectivity index (χ0) is 22.1. The van der Waals surface area contributed by atoms with Gasteiger partial charge in [-0.3, -0.25) is 9.69 Å². The number of carbonyl (C=O) groups excluding carboxylic acids is 1. The zero-order valence-electron chi connectivity index (χ0n) is 17.9. The van der Waals surface area contributed by atoms with Crippen LogP contribution in [0.4, 0.5) is 13.2 Å². The number of hydrogen-bond donors (Lipinski definition) is 2. The van der Waals surface area contributed by atoms with Crippen molar-refractivity contribution < 1.29 is 22.2 Å². The molecule has 0 saturated heterocycles. The van der Waals surface area contributed by atoms with Gasteiger partial charge in [0, 0.05) is 12.6 Å². The molecule has 1 heterocycles. The maximum Gasteiger partial charge on any atom is 0.396 e. The molecular formula is C20H32F3N3O2S. The van der Waals surface area contributed by atoms with Crippen LogP contribution in [0.15, 0.2) is 23.3 Å². The van der Waals surface area contributed by atoms with Gasteiger partial charge in [-0.25, -0.2) is 8.93 Å². The molecule has 0 spiro atoms. The maximum atomic E-state index is 13.2. The molecule has 29 heavy (non-hydrogen) atoms.